The predicted molar refractivity (Wildman–Crippen MR) is 78.2 cm³/mol. The molecule has 2 aromatic rings. The quantitative estimate of drug-likeness (QED) is 0.762. The minimum Gasteiger partial charge on any atom is -0.490 e. The van der Waals surface area contributed by atoms with E-state index in [0.717, 1.165) is 10.2 Å². The molecule has 0 spiro atoms. The van der Waals surface area contributed by atoms with Crippen molar-refractivity contribution in [1.82, 2.24) is 0 Å². The van der Waals surface area contributed by atoms with Gasteiger partial charge in [-0.15, -0.1) is 0 Å². The molecule has 0 aliphatic carbocycles. The van der Waals surface area contributed by atoms with Crippen molar-refractivity contribution in [2.24, 2.45) is 0 Å². The zero-order chi connectivity index (χ0) is 13.0. The first-order valence-corrected chi connectivity index (χ1v) is 6.89. The number of rotatable bonds is 5. The number of fused-ring (bicyclic) bond motifs is 1. The Balaban J connectivity index is 2.07. The zero-order valence-corrected chi connectivity index (χ0v) is 12.2. The van der Waals surface area contributed by atoms with E-state index in [1.54, 1.807) is 0 Å². The van der Waals surface area contributed by atoms with Gasteiger partial charge in [0, 0.05) is 0 Å². The lowest BCUT2D eigenvalue weighted by atomic mass is 10.1. The summed E-state index contributed by atoms with van der Waals surface area (Å²) >= 11 is 3.60. The van der Waals surface area contributed by atoms with Crippen molar-refractivity contribution in [3.8, 4) is 5.75 Å². The summed E-state index contributed by atoms with van der Waals surface area (Å²) in [5.74, 6) is 0.862. The average molecular weight is 309 g/mol. The van der Waals surface area contributed by atoms with Gasteiger partial charge in [-0.25, -0.2) is 0 Å². The molecule has 96 valence electrons. The van der Waals surface area contributed by atoms with E-state index in [4.69, 9.17) is 9.47 Å². The van der Waals surface area contributed by atoms with Gasteiger partial charge in [-0.1, -0.05) is 30.3 Å². The second kappa shape index (κ2) is 6.21. The van der Waals surface area contributed by atoms with Crippen LogP contribution in [0.3, 0.4) is 0 Å². The maximum absolute atomic E-state index is 5.72. The molecule has 0 bridgehead atoms. The maximum Gasteiger partial charge on any atom is 0.134 e. The van der Waals surface area contributed by atoms with Gasteiger partial charge in [0.05, 0.1) is 17.2 Å². The van der Waals surface area contributed by atoms with Crippen LogP contribution in [0.4, 0.5) is 0 Å². The number of benzene rings is 2. The molecular weight excluding hydrogens is 292 g/mol. The molecule has 0 amide bonds. The smallest absolute Gasteiger partial charge is 0.134 e. The fraction of sp³-hybridized carbons (Fsp3) is 0.333. The van der Waals surface area contributed by atoms with Crippen LogP contribution in [0, 0.1) is 0 Å². The molecule has 2 rings (SSSR count). The first-order chi connectivity index (χ1) is 8.68. The van der Waals surface area contributed by atoms with Crippen molar-refractivity contribution in [1.29, 1.82) is 0 Å². The summed E-state index contributed by atoms with van der Waals surface area (Å²) in [4.78, 5) is 0. The molecule has 2 nitrogen and oxygen atoms in total. The van der Waals surface area contributed by atoms with E-state index in [2.05, 4.69) is 34.1 Å². The Kier molecular flexibility index (Phi) is 4.61. The van der Waals surface area contributed by atoms with Crippen molar-refractivity contribution < 1.29 is 9.47 Å². The maximum atomic E-state index is 5.72. The monoisotopic (exact) mass is 308 g/mol. The molecule has 0 radical (unpaired) electrons. The van der Waals surface area contributed by atoms with Crippen LogP contribution < -0.4 is 4.74 Å². The van der Waals surface area contributed by atoms with Gasteiger partial charge in [-0.3, -0.25) is 0 Å². The van der Waals surface area contributed by atoms with Crippen LogP contribution in [0.5, 0.6) is 5.75 Å². The van der Waals surface area contributed by atoms with E-state index in [-0.39, 0.29) is 6.10 Å². The molecule has 0 aromatic heterocycles. The number of hydrogen-bond donors (Lipinski definition) is 0. The second-order valence-corrected chi connectivity index (χ2v) is 5.16. The average Bonchev–Trinajstić information content (AvgIpc) is 2.37. The van der Waals surface area contributed by atoms with Gasteiger partial charge in [-0.05, 0) is 46.6 Å². The minimum absolute atomic E-state index is 0.244. The molecule has 2 aromatic carbocycles. The summed E-state index contributed by atoms with van der Waals surface area (Å²) in [6, 6.07) is 12.3. The Bertz CT molecular complexity index is 523. The van der Waals surface area contributed by atoms with Crippen molar-refractivity contribution in [3.05, 3.63) is 40.9 Å². The van der Waals surface area contributed by atoms with E-state index in [0.29, 0.717) is 13.2 Å². The van der Waals surface area contributed by atoms with Crippen LogP contribution in [0.25, 0.3) is 10.8 Å². The largest absolute Gasteiger partial charge is 0.490 e. The van der Waals surface area contributed by atoms with Crippen LogP contribution >= 0.6 is 15.9 Å². The standard InChI is InChI=1S/C15H17BrO2/c1-11(2)17-9-10-18-14-8-7-12-5-3-4-6-13(12)15(14)16/h3-8,11H,9-10H2,1-2H3. The van der Waals surface area contributed by atoms with Gasteiger partial charge < -0.3 is 9.47 Å². The summed E-state index contributed by atoms with van der Waals surface area (Å²) < 4.78 is 12.2. The number of hydrogen-bond acceptors (Lipinski definition) is 2. The lowest BCUT2D eigenvalue weighted by Gasteiger charge is -2.11. The first kappa shape index (κ1) is 13.4. The van der Waals surface area contributed by atoms with Crippen LogP contribution in [-0.4, -0.2) is 19.3 Å². The van der Waals surface area contributed by atoms with Crippen molar-refractivity contribution in [2.45, 2.75) is 20.0 Å². The highest BCUT2D eigenvalue weighted by Crippen LogP contribution is 2.32. The Morgan fingerprint density at radius 3 is 2.61 bits per heavy atom. The molecule has 0 fully saturated rings. The number of ether oxygens (including phenoxy) is 2. The van der Waals surface area contributed by atoms with Gasteiger partial charge in [-0.2, -0.15) is 0 Å². The summed E-state index contributed by atoms with van der Waals surface area (Å²) in [7, 11) is 0. The molecule has 0 aliphatic rings. The third-order valence-corrected chi connectivity index (χ3v) is 3.44. The molecular formula is C15H17BrO2. The lowest BCUT2D eigenvalue weighted by molar-refractivity contribution is 0.0551. The molecule has 18 heavy (non-hydrogen) atoms. The number of halogens is 1. The van der Waals surface area contributed by atoms with Gasteiger partial charge in [0.15, 0.2) is 0 Å². The molecule has 0 aliphatic heterocycles. The molecule has 0 unspecified atom stereocenters. The van der Waals surface area contributed by atoms with Crippen LogP contribution in [0.15, 0.2) is 40.9 Å². The fourth-order valence-electron chi connectivity index (χ4n) is 1.76. The highest BCUT2D eigenvalue weighted by molar-refractivity contribution is 9.10. The topological polar surface area (TPSA) is 18.5 Å². The van der Waals surface area contributed by atoms with E-state index in [1.165, 1.54) is 10.8 Å². The van der Waals surface area contributed by atoms with Crippen molar-refractivity contribution in [2.75, 3.05) is 13.2 Å². The van der Waals surface area contributed by atoms with Crippen molar-refractivity contribution >= 4 is 26.7 Å². The molecule has 0 N–H and O–H groups in total. The summed E-state index contributed by atoms with van der Waals surface area (Å²) in [5, 5.41) is 2.37. The van der Waals surface area contributed by atoms with E-state index in [1.807, 2.05) is 32.0 Å². The van der Waals surface area contributed by atoms with Gasteiger partial charge in [0.1, 0.15) is 12.4 Å². The highest BCUT2D eigenvalue weighted by atomic mass is 79.9. The second-order valence-electron chi connectivity index (χ2n) is 4.37. The zero-order valence-electron chi connectivity index (χ0n) is 10.7. The Morgan fingerprint density at radius 2 is 1.83 bits per heavy atom. The van der Waals surface area contributed by atoms with Gasteiger partial charge in [0.2, 0.25) is 0 Å². The molecule has 0 saturated heterocycles. The minimum atomic E-state index is 0.244. The Hall–Kier alpha value is -1.06. The molecule has 0 atom stereocenters. The summed E-state index contributed by atoms with van der Waals surface area (Å²) in [5.41, 5.74) is 0. The van der Waals surface area contributed by atoms with Crippen LogP contribution in [-0.2, 0) is 4.74 Å². The fourth-order valence-corrected chi connectivity index (χ4v) is 2.37. The van der Waals surface area contributed by atoms with E-state index < -0.39 is 0 Å². The third kappa shape index (κ3) is 3.24. The Morgan fingerprint density at radius 1 is 1.06 bits per heavy atom. The van der Waals surface area contributed by atoms with E-state index >= 15 is 0 Å². The van der Waals surface area contributed by atoms with Gasteiger partial charge >= 0.3 is 0 Å². The highest BCUT2D eigenvalue weighted by Gasteiger charge is 2.05. The molecule has 0 heterocycles. The van der Waals surface area contributed by atoms with E-state index in [9.17, 15) is 0 Å². The molecule has 3 heteroatoms. The summed E-state index contributed by atoms with van der Waals surface area (Å²) in [6.07, 6.45) is 0.244. The van der Waals surface area contributed by atoms with Crippen LogP contribution in [0.1, 0.15) is 13.8 Å². The normalized spacial score (nSPS) is 11.1. The SMILES string of the molecule is CC(C)OCCOc1ccc2ccccc2c1Br. The van der Waals surface area contributed by atoms with Gasteiger partial charge in [0.25, 0.3) is 0 Å². The Labute approximate surface area is 116 Å². The third-order valence-electron chi connectivity index (χ3n) is 2.62. The molecule has 0 saturated carbocycles. The summed E-state index contributed by atoms with van der Waals surface area (Å²) in [6.45, 7) is 5.21. The lowest BCUT2D eigenvalue weighted by Crippen LogP contribution is -2.11. The van der Waals surface area contributed by atoms with Crippen molar-refractivity contribution in [3.63, 3.8) is 0 Å². The first-order valence-electron chi connectivity index (χ1n) is 6.10. The predicted octanol–water partition coefficient (Wildman–Crippen LogP) is 4.41. The van der Waals surface area contributed by atoms with Crippen LogP contribution in [0.2, 0.25) is 0 Å².